The van der Waals surface area contributed by atoms with Crippen molar-refractivity contribution in [3.05, 3.63) is 63.1 Å². The van der Waals surface area contributed by atoms with Crippen LogP contribution in [0.2, 0.25) is 0 Å². The van der Waals surface area contributed by atoms with Crippen LogP contribution in [0.4, 0.5) is 5.69 Å². The highest BCUT2D eigenvalue weighted by atomic mass is 79.9. The standard InChI is InChI=1S/C17H20BrN/c1-11-5-6-15(9-12(11)2)14(4)19-16-7-8-17(18)13(3)10-16/h5-10,14,19H,1-4H3. The topological polar surface area (TPSA) is 12.0 Å². The Kier molecular flexibility index (Phi) is 4.31. The first-order valence-electron chi connectivity index (χ1n) is 6.57. The summed E-state index contributed by atoms with van der Waals surface area (Å²) in [7, 11) is 0. The summed E-state index contributed by atoms with van der Waals surface area (Å²) in [6.45, 7) is 8.61. The number of nitrogens with one attached hydrogen (secondary N) is 1. The van der Waals surface area contributed by atoms with Crippen molar-refractivity contribution in [2.45, 2.75) is 33.7 Å². The summed E-state index contributed by atoms with van der Waals surface area (Å²) in [5.74, 6) is 0. The van der Waals surface area contributed by atoms with Gasteiger partial charge in [-0.1, -0.05) is 34.1 Å². The average molecular weight is 318 g/mol. The lowest BCUT2D eigenvalue weighted by atomic mass is 10.0. The van der Waals surface area contributed by atoms with Crippen LogP contribution in [0.3, 0.4) is 0 Å². The molecule has 2 aromatic rings. The van der Waals surface area contributed by atoms with Crippen molar-refractivity contribution in [3.63, 3.8) is 0 Å². The molecule has 0 amide bonds. The van der Waals surface area contributed by atoms with Crippen LogP contribution in [-0.4, -0.2) is 0 Å². The number of rotatable bonds is 3. The molecule has 0 radical (unpaired) electrons. The van der Waals surface area contributed by atoms with Gasteiger partial charge in [-0.2, -0.15) is 0 Å². The van der Waals surface area contributed by atoms with Crippen LogP contribution in [-0.2, 0) is 0 Å². The van der Waals surface area contributed by atoms with Gasteiger partial charge in [0.25, 0.3) is 0 Å². The summed E-state index contributed by atoms with van der Waals surface area (Å²) in [5.41, 5.74) is 6.42. The summed E-state index contributed by atoms with van der Waals surface area (Å²) >= 11 is 3.53. The molecule has 1 unspecified atom stereocenters. The van der Waals surface area contributed by atoms with E-state index in [0.717, 1.165) is 10.2 Å². The van der Waals surface area contributed by atoms with Gasteiger partial charge in [-0.3, -0.25) is 0 Å². The monoisotopic (exact) mass is 317 g/mol. The van der Waals surface area contributed by atoms with E-state index in [1.165, 1.54) is 22.3 Å². The second-order valence-electron chi connectivity index (χ2n) is 5.17. The van der Waals surface area contributed by atoms with E-state index in [-0.39, 0.29) is 0 Å². The number of halogens is 1. The number of hydrogen-bond donors (Lipinski definition) is 1. The second kappa shape index (κ2) is 5.79. The highest BCUT2D eigenvalue weighted by Gasteiger charge is 2.07. The number of benzene rings is 2. The largest absolute Gasteiger partial charge is 0.379 e. The number of aryl methyl sites for hydroxylation is 3. The molecular weight excluding hydrogens is 298 g/mol. The van der Waals surface area contributed by atoms with E-state index in [1.807, 2.05) is 0 Å². The van der Waals surface area contributed by atoms with Crippen LogP contribution in [0.15, 0.2) is 40.9 Å². The molecule has 0 aliphatic rings. The Bertz CT molecular complexity index is 590. The predicted molar refractivity (Wildman–Crippen MR) is 86.8 cm³/mol. The minimum atomic E-state index is 0.305. The van der Waals surface area contributed by atoms with E-state index >= 15 is 0 Å². The zero-order chi connectivity index (χ0) is 14.0. The number of hydrogen-bond acceptors (Lipinski definition) is 1. The van der Waals surface area contributed by atoms with Gasteiger partial charge >= 0.3 is 0 Å². The lowest BCUT2D eigenvalue weighted by Gasteiger charge is -2.17. The first-order valence-corrected chi connectivity index (χ1v) is 7.36. The fourth-order valence-corrected chi connectivity index (χ4v) is 2.35. The van der Waals surface area contributed by atoms with E-state index in [9.17, 15) is 0 Å². The lowest BCUT2D eigenvalue weighted by Crippen LogP contribution is -2.07. The van der Waals surface area contributed by atoms with Gasteiger partial charge in [0.15, 0.2) is 0 Å². The third kappa shape index (κ3) is 3.38. The normalized spacial score (nSPS) is 12.3. The van der Waals surface area contributed by atoms with Crippen molar-refractivity contribution >= 4 is 21.6 Å². The van der Waals surface area contributed by atoms with Crippen molar-refractivity contribution in [3.8, 4) is 0 Å². The van der Waals surface area contributed by atoms with E-state index in [0.29, 0.717) is 6.04 Å². The second-order valence-corrected chi connectivity index (χ2v) is 6.03. The van der Waals surface area contributed by atoms with E-state index in [4.69, 9.17) is 0 Å². The number of anilines is 1. The summed E-state index contributed by atoms with van der Waals surface area (Å²) in [6.07, 6.45) is 0. The lowest BCUT2D eigenvalue weighted by molar-refractivity contribution is 0.881. The van der Waals surface area contributed by atoms with Crippen molar-refractivity contribution in [1.29, 1.82) is 0 Å². The van der Waals surface area contributed by atoms with Crippen molar-refractivity contribution in [1.82, 2.24) is 0 Å². The maximum atomic E-state index is 3.55. The van der Waals surface area contributed by atoms with Gasteiger partial charge in [0.05, 0.1) is 0 Å². The molecule has 2 aromatic carbocycles. The highest BCUT2D eigenvalue weighted by Crippen LogP contribution is 2.24. The van der Waals surface area contributed by atoms with Crippen molar-refractivity contribution in [2.75, 3.05) is 5.32 Å². The first kappa shape index (κ1) is 14.1. The molecule has 0 fully saturated rings. The molecule has 0 aliphatic heterocycles. The van der Waals surface area contributed by atoms with E-state index in [1.54, 1.807) is 0 Å². The predicted octanol–water partition coefficient (Wildman–Crippen LogP) is 5.55. The van der Waals surface area contributed by atoms with Crippen LogP contribution >= 0.6 is 15.9 Å². The van der Waals surface area contributed by atoms with Crippen molar-refractivity contribution in [2.24, 2.45) is 0 Å². The molecule has 0 saturated carbocycles. The summed E-state index contributed by atoms with van der Waals surface area (Å²) in [4.78, 5) is 0. The molecule has 0 aliphatic carbocycles. The van der Waals surface area contributed by atoms with E-state index in [2.05, 4.69) is 85.3 Å². The van der Waals surface area contributed by atoms with Gasteiger partial charge < -0.3 is 5.32 Å². The molecule has 0 bridgehead atoms. The van der Waals surface area contributed by atoms with Crippen LogP contribution in [0.1, 0.15) is 35.2 Å². The fraction of sp³-hybridized carbons (Fsp3) is 0.294. The quantitative estimate of drug-likeness (QED) is 0.782. The molecule has 1 nitrogen and oxygen atoms in total. The molecule has 1 atom stereocenters. The summed E-state index contributed by atoms with van der Waals surface area (Å²) < 4.78 is 1.15. The van der Waals surface area contributed by atoms with Gasteiger partial charge in [0.2, 0.25) is 0 Å². The molecule has 0 heterocycles. The molecule has 100 valence electrons. The minimum Gasteiger partial charge on any atom is -0.379 e. The molecule has 0 saturated heterocycles. The Balaban J connectivity index is 2.17. The Morgan fingerprint density at radius 2 is 1.63 bits per heavy atom. The van der Waals surface area contributed by atoms with Gasteiger partial charge in [-0.25, -0.2) is 0 Å². The first-order chi connectivity index (χ1) is 8.97. The molecule has 2 rings (SSSR count). The van der Waals surface area contributed by atoms with Crippen LogP contribution in [0.5, 0.6) is 0 Å². The average Bonchev–Trinajstić information content (AvgIpc) is 2.37. The molecular formula is C17H20BrN. The van der Waals surface area contributed by atoms with Gasteiger partial charge in [0.1, 0.15) is 0 Å². The highest BCUT2D eigenvalue weighted by molar-refractivity contribution is 9.10. The van der Waals surface area contributed by atoms with Crippen molar-refractivity contribution < 1.29 is 0 Å². The molecule has 0 spiro atoms. The Morgan fingerprint density at radius 3 is 2.26 bits per heavy atom. The molecule has 1 N–H and O–H groups in total. The summed E-state index contributed by atoms with van der Waals surface area (Å²) in [6, 6.07) is 13.3. The maximum absolute atomic E-state index is 3.55. The molecule has 19 heavy (non-hydrogen) atoms. The van der Waals surface area contributed by atoms with Crippen LogP contribution < -0.4 is 5.32 Å². The fourth-order valence-electron chi connectivity index (χ4n) is 2.10. The molecule has 0 aromatic heterocycles. The maximum Gasteiger partial charge on any atom is 0.0485 e. The van der Waals surface area contributed by atoms with Gasteiger partial charge in [-0.15, -0.1) is 0 Å². The van der Waals surface area contributed by atoms with Gasteiger partial charge in [-0.05, 0) is 68.1 Å². The third-order valence-corrected chi connectivity index (χ3v) is 4.46. The smallest absolute Gasteiger partial charge is 0.0485 e. The minimum absolute atomic E-state index is 0.305. The Labute approximate surface area is 124 Å². The SMILES string of the molecule is Cc1ccc(C(C)Nc2ccc(Br)c(C)c2)cc1C. The molecule has 2 heteroatoms. The Morgan fingerprint density at radius 1 is 0.895 bits per heavy atom. The zero-order valence-corrected chi connectivity index (χ0v) is 13.5. The van der Waals surface area contributed by atoms with Gasteiger partial charge in [0, 0.05) is 16.2 Å². The summed E-state index contributed by atoms with van der Waals surface area (Å²) in [5, 5.41) is 3.55. The van der Waals surface area contributed by atoms with E-state index < -0.39 is 0 Å². The zero-order valence-electron chi connectivity index (χ0n) is 11.9. The third-order valence-electron chi connectivity index (χ3n) is 3.57. The van der Waals surface area contributed by atoms with Crippen LogP contribution in [0.25, 0.3) is 0 Å². The Hall–Kier alpha value is -1.28. The van der Waals surface area contributed by atoms with Crippen LogP contribution in [0, 0.1) is 20.8 Å².